The fourth-order valence-electron chi connectivity index (χ4n) is 3.07. The lowest BCUT2D eigenvalue weighted by Gasteiger charge is -2.21. The fraction of sp³-hybridized carbons (Fsp3) is 0.588. The number of nitrogens with one attached hydrogen (secondary N) is 1. The van der Waals surface area contributed by atoms with Crippen molar-refractivity contribution in [3.05, 3.63) is 23.3 Å². The zero-order valence-corrected chi connectivity index (χ0v) is 12.7. The van der Waals surface area contributed by atoms with Crippen LogP contribution in [0.15, 0.2) is 12.1 Å². The highest BCUT2D eigenvalue weighted by Crippen LogP contribution is 2.28. The average Bonchev–Trinajstić information content (AvgIpc) is 2.46. The summed E-state index contributed by atoms with van der Waals surface area (Å²) in [6, 6.07) is 3.85. The molecular weight excluding hydrogens is 248 g/mol. The van der Waals surface area contributed by atoms with Gasteiger partial charge in [0.05, 0.1) is 0 Å². The lowest BCUT2D eigenvalue weighted by atomic mass is 9.86. The van der Waals surface area contributed by atoms with E-state index in [1.54, 1.807) is 0 Å². The molecule has 3 heteroatoms. The zero-order chi connectivity index (χ0) is 14.5. The van der Waals surface area contributed by atoms with Crippen molar-refractivity contribution in [2.24, 2.45) is 5.92 Å². The van der Waals surface area contributed by atoms with Crippen LogP contribution in [-0.2, 0) is 4.79 Å². The lowest BCUT2D eigenvalue weighted by Crippen LogP contribution is -2.16. The molecule has 0 unspecified atom stereocenters. The molecule has 1 aromatic rings. The Balaban J connectivity index is 1.89. The summed E-state index contributed by atoms with van der Waals surface area (Å²) in [5.74, 6) is 0.866. The van der Waals surface area contributed by atoms with Gasteiger partial charge in [0.15, 0.2) is 0 Å². The first-order chi connectivity index (χ1) is 9.58. The van der Waals surface area contributed by atoms with Crippen LogP contribution in [0.4, 0.5) is 11.4 Å². The minimum Gasteiger partial charge on any atom is -0.398 e. The van der Waals surface area contributed by atoms with Gasteiger partial charge in [0.1, 0.15) is 0 Å². The number of rotatable bonds is 4. The summed E-state index contributed by atoms with van der Waals surface area (Å²) in [6.07, 6.45) is 8.27. The molecule has 0 spiro atoms. The van der Waals surface area contributed by atoms with Gasteiger partial charge in [-0.2, -0.15) is 0 Å². The highest BCUT2D eigenvalue weighted by molar-refractivity contribution is 5.93. The molecule has 1 saturated carbocycles. The summed E-state index contributed by atoms with van der Waals surface area (Å²) >= 11 is 0. The summed E-state index contributed by atoms with van der Waals surface area (Å²) in [5.41, 5.74) is 9.57. The molecule has 3 N–H and O–H groups in total. The smallest absolute Gasteiger partial charge is 0.224 e. The number of nitrogen functional groups attached to an aromatic ring is 1. The Hall–Kier alpha value is -1.51. The van der Waals surface area contributed by atoms with Gasteiger partial charge in [-0.1, -0.05) is 38.2 Å². The van der Waals surface area contributed by atoms with Crippen LogP contribution in [0.3, 0.4) is 0 Å². The third-order valence-corrected chi connectivity index (χ3v) is 4.48. The molecule has 0 heterocycles. The first kappa shape index (κ1) is 14.9. The molecule has 0 saturated heterocycles. The molecule has 1 fully saturated rings. The monoisotopic (exact) mass is 274 g/mol. The van der Waals surface area contributed by atoms with Gasteiger partial charge in [-0.3, -0.25) is 4.79 Å². The highest BCUT2D eigenvalue weighted by Gasteiger charge is 2.15. The topological polar surface area (TPSA) is 55.1 Å². The van der Waals surface area contributed by atoms with E-state index in [0.717, 1.165) is 34.8 Å². The van der Waals surface area contributed by atoms with Crippen molar-refractivity contribution in [1.29, 1.82) is 0 Å². The van der Waals surface area contributed by atoms with E-state index in [1.165, 1.54) is 32.1 Å². The van der Waals surface area contributed by atoms with E-state index < -0.39 is 0 Å². The Kier molecular flexibility index (Phi) is 5.05. The number of hydrogen-bond donors (Lipinski definition) is 2. The fourth-order valence-corrected chi connectivity index (χ4v) is 3.07. The van der Waals surface area contributed by atoms with Gasteiger partial charge in [-0.25, -0.2) is 0 Å². The molecule has 2 rings (SSSR count). The Labute approximate surface area is 121 Å². The predicted octanol–water partition coefficient (Wildman–Crippen LogP) is 4.18. The normalized spacial score (nSPS) is 16.1. The molecule has 110 valence electrons. The quantitative estimate of drug-likeness (QED) is 0.809. The van der Waals surface area contributed by atoms with Crippen LogP contribution < -0.4 is 11.1 Å². The minimum absolute atomic E-state index is 0.118. The van der Waals surface area contributed by atoms with Crippen molar-refractivity contribution < 1.29 is 4.79 Å². The van der Waals surface area contributed by atoms with Crippen LogP contribution in [0.25, 0.3) is 0 Å². The maximum atomic E-state index is 12.1. The van der Waals surface area contributed by atoms with Gasteiger partial charge in [-0.15, -0.1) is 0 Å². The second-order valence-electron chi connectivity index (χ2n) is 6.06. The van der Waals surface area contributed by atoms with E-state index in [4.69, 9.17) is 5.73 Å². The third-order valence-electron chi connectivity index (χ3n) is 4.48. The second-order valence-corrected chi connectivity index (χ2v) is 6.06. The van der Waals surface area contributed by atoms with Gasteiger partial charge >= 0.3 is 0 Å². The van der Waals surface area contributed by atoms with Crippen molar-refractivity contribution in [2.45, 2.75) is 58.8 Å². The van der Waals surface area contributed by atoms with E-state index in [1.807, 2.05) is 26.0 Å². The van der Waals surface area contributed by atoms with E-state index in [-0.39, 0.29) is 5.91 Å². The van der Waals surface area contributed by atoms with E-state index in [0.29, 0.717) is 6.42 Å². The third kappa shape index (κ3) is 3.75. The molecule has 1 amide bonds. The maximum Gasteiger partial charge on any atom is 0.224 e. The summed E-state index contributed by atoms with van der Waals surface area (Å²) in [7, 11) is 0. The summed E-state index contributed by atoms with van der Waals surface area (Å²) in [4.78, 5) is 12.1. The Morgan fingerprint density at radius 2 is 1.95 bits per heavy atom. The van der Waals surface area contributed by atoms with Crippen LogP contribution >= 0.6 is 0 Å². The minimum atomic E-state index is 0.118. The molecule has 3 nitrogen and oxygen atoms in total. The van der Waals surface area contributed by atoms with Crippen LogP contribution in [0.1, 0.15) is 56.1 Å². The first-order valence-corrected chi connectivity index (χ1v) is 7.73. The summed E-state index contributed by atoms with van der Waals surface area (Å²) in [6.45, 7) is 3.96. The van der Waals surface area contributed by atoms with E-state index >= 15 is 0 Å². The lowest BCUT2D eigenvalue weighted by molar-refractivity contribution is -0.116. The number of carbonyl (C=O) groups excluding carboxylic acids is 1. The molecule has 20 heavy (non-hydrogen) atoms. The summed E-state index contributed by atoms with van der Waals surface area (Å²) < 4.78 is 0. The SMILES string of the molecule is Cc1ccc(N)c(C)c1NC(=O)CCC1CCCCC1. The van der Waals surface area contributed by atoms with E-state index in [9.17, 15) is 4.79 Å². The Morgan fingerprint density at radius 1 is 1.25 bits per heavy atom. The van der Waals surface area contributed by atoms with Crippen molar-refractivity contribution in [2.75, 3.05) is 11.1 Å². The first-order valence-electron chi connectivity index (χ1n) is 7.73. The van der Waals surface area contributed by atoms with Crippen LogP contribution in [0.2, 0.25) is 0 Å². The van der Waals surface area contributed by atoms with Gasteiger partial charge < -0.3 is 11.1 Å². The standard InChI is InChI=1S/C17H26N2O/c1-12-8-10-15(18)13(2)17(12)19-16(20)11-9-14-6-4-3-5-7-14/h8,10,14H,3-7,9,11,18H2,1-2H3,(H,19,20). The van der Waals surface area contributed by atoms with E-state index in [2.05, 4.69) is 5.32 Å². The van der Waals surface area contributed by atoms with Gasteiger partial charge in [0.25, 0.3) is 0 Å². The largest absolute Gasteiger partial charge is 0.398 e. The molecule has 0 atom stereocenters. The van der Waals surface area contributed by atoms with Gasteiger partial charge in [0.2, 0.25) is 5.91 Å². The van der Waals surface area contributed by atoms with Crippen LogP contribution in [0, 0.1) is 19.8 Å². The number of amides is 1. The molecule has 1 aliphatic rings. The van der Waals surface area contributed by atoms with Crippen molar-refractivity contribution >= 4 is 17.3 Å². The highest BCUT2D eigenvalue weighted by atomic mass is 16.1. The number of hydrogen-bond acceptors (Lipinski definition) is 2. The number of anilines is 2. The van der Waals surface area contributed by atoms with Gasteiger partial charge in [-0.05, 0) is 43.4 Å². The summed E-state index contributed by atoms with van der Waals surface area (Å²) in [5, 5.41) is 3.04. The van der Waals surface area contributed by atoms with Crippen LogP contribution in [0.5, 0.6) is 0 Å². The molecule has 1 aliphatic carbocycles. The Morgan fingerprint density at radius 3 is 2.65 bits per heavy atom. The molecular formula is C17H26N2O. The molecule has 0 aliphatic heterocycles. The molecule has 1 aromatic carbocycles. The van der Waals surface area contributed by atoms with Gasteiger partial charge in [0, 0.05) is 17.8 Å². The number of benzene rings is 1. The second kappa shape index (κ2) is 6.78. The number of carbonyl (C=O) groups is 1. The Bertz CT molecular complexity index is 476. The zero-order valence-electron chi connectivity index (χ0n) is 12.7. The van der Waals surface area contributed by atoms with Crippen molar-refractivity contribution in [1.82, 2.24) is 0 Å². The van der Waals surface area contributed by atoms with Crippen molar-refractivity contribution in [3.8, 4) is 0 Å². The number of aryl methyl sites for hydroxylation is 1. The molecule has 0 bridgehead atoms. The molecule has 0 radical (unpaired) electrons. The molecule has 0 aromatic heterocycles. The predicted molar refractivity (Wildman–Crippen MR) is 84.8 cm³/mol. The van der Waals surface area contributed by atoms with Crippen molar-refractivity contribution in [3.63, 3.8) is 0 Å². The maximum absolute atomic E-state index is 12.1. The number of nitrogens with two attached hydrogens (primary N) is 1. The van der Waals surface area contributed by atoms with Crippen LogP contribution in [-0.4, -0.2) is 5.91 Å². The average molecular weight is 274 g/mol.